The molecule has 0 bridgehead atoms. The van der Waals surface area contributed by atoms with Gasteiger partial charge in [-0.25, -0.2) is 0 Å². The average molecular weight is 247 g/mol. The molecule has 2 heteroatoms. The molecule has 0 fully saturated rings. The first-order chi connectivity index (χ1) is 9.38. The van der Waals surface area contributed by atoms with Gasteiger partial charge in [0.1, 0.15) is 6.29 Å². The van der Waals surface area contributed by atoms with Crippen molar-refractivity contribution >= 4 is 17.1 Å². The highest BCUT2D eigenvalue weighted by Gasteiger charge is 2.05. The van der Waals surface area contributed by atoms with E-state index < -0.39 is 0 Å². The lowest BCUT2D eigenvalue weighted by molar-refractivity contribution is -0.107. The monoisotopic (exact) mass is 247 g/mol. The quantitative estimate of drug-likeness (QED) is 0.661. The number of nitrogens with zero attached hydrogens (tertiary/aromatic N) is 1. The Morgan fingerprint density at radius 2 is 1.84 bits per heavy atom. The van der Waals surface area contributed by atoms with Crippen LogP contribution in [-0.4, -0.2) is 11.3 Å². The number of carbonyl (C=O) groups is 1. The van der Waals surface area contributed by atoms with E-state index in [1.165, 1.54) is 10.8 Å². The number of aldehydes is 1. The molecule has 0 aliphatic heterocycles. The lowest BCUT2D eigenvalue weighted by Crippen LogP contribution is -1.90. The molecule has 0 N–H and O–H groups in total. The van der Waals surface area contributed by atoms with Gasteiger partial charge in [0.05, 0.1) is 5.69 Å². The van der Waals surface area contributed by atoms with E-state index >= 15 is 0 Å². The Balaban J connectivity index is 2.18. The van der Waals surface area contributed by atoms with Gasteiger partial charge in [0.25, 0.3) is 0 Å². The van der Waals surface area contributed by atoms with Crippen molar-refractivity contribution in [2.75, 3.05) is 0 Å². The van der Waals surface area contributed by atoms with Gasteiger partial charge >= 0.3 is 0 Å². The molecule has 92 valence electrons. The van der Waals surface area contributed by atoms with Crippen molar-refractivity contribution in [3.63, 3.8) is 0 Å². The normalized spacial score (nSPS) is 10.5. The predicted octanol–water partition coefficient (Wildman–Crippen LogP) is 3.64. The number of benzene rings is 2. The fraction of sp³-hybridized carbons (Fsp3) is 0.0588. The molecule has 0 atom stereocenters. The zero-order valence-corrected chi connectivity index (χ0v) is 10.4. The van der Waals surface area contributed by atoms with Crippen LogP contribution in [0.25, 0.3) is 22.0 Å². The molecule has 3 rings (SSSR count). The van der Waals surface area contributed by atoms with Crippen LogP contribution in [0, 0.1) is 0 Å². The molecule has 2 aromatic carbocycles. The molecule has 0 spiro atoms. The summed E-state index contributed by atoms with van der Waals surface area (Å²) in [6.07, 6.45) is 3.11. The van der Waals surface area contributed by atoms with E-state index in [1.807, 2.05) is 30.3 Å². The Kier molecular flexibility index (Phi) is 3.07. The summed E-state index contributed by atoms with van der Waals surface area (Å²) in [5, 5.41) is 2.38. The number of hydrogen-bond acceptors (Lipinski definition) is 2. The van der Waals surface area contributed by atoms with Crippen LogP contribution >= 0.6 is 0 Å². The van der Waals surface area contributed by atoms with Crippen molar-refractivity contribution in [3.05, 3.63) is 66.4 Å². The zero-order valence-electron chi connectivity index (χ0n) is 10.4. The maximum Gasteiger partial charge on any atom is 0.124 e. The molecule has 3 aromatic rings. The first-order valence-corrected chi connectivity index (χ1v) is 6.25. The van der Waals surface area contributed by atoms with E-state index in [-0.39, 0.29) is 0 Å². The van der Waals surface area contributed by atoms with E-state index in [0.29, 0.717) is 6.42 Å². The third kappa shape index (κ3) is 2.25. The first-order valence-electron chi connectivity index (χ1n) is 6.25. The molecule has 1 aromatic heterocycles. The van der Waals surface area contributed by atoms with Crippen LogP contribution in [0.3, 0.4) is 0 Å². The van der Waals surface area contributed by atoms with Crippen molar-refractivity contribution in [1.82, 2.24) is 4.98 Å². The van der Waals surface area contributed by atoms with E-state index in [4.69, 9.17) is 0 Å². The summed E-state index contributed by atoms with van der Waals surface area (Å²) in [6, 6.07) is 18.3. The fourth-order valence-electron chi connectivity index (χ4n) is 2.29. The van der Waals surface area contributed by atoms with Gasteiger partial charge in [-0.1, -0.05) is 42.5 Å². The molecule has 2 nitrogen and oxygen atoms in total. The zero-order chi connectivity index (χ0) is 13.1. The predicted molar refractivity (Wildman–Crippen MR) is 76.9 cm³/mol. The first kappa shape index (κ1) is 11.6. The number of carbonyl (C=O) groups excluding carboxylic acids is 1. The third-order valence-electron chi connectivity index (χ3n) is 3.21. The van der Waals surface area contributed by atoms with Gasteiger partial charge in [-0.2, -0.15) is 0 Å². The highest BCUT2D eigenvalue weighted by atomic mass is 16.1. The minimum atomic E-state index is 0.431. The molecule has 0 saturated heterocycles. The van der Waals surface area contributed by atoms with Crippen molar-refractivity contribution in [1.29, 1.82) is 0 Å². The molecule has 0 saturated carbocycles. The molecule has 19 heavy (non-hydrogen) atoms. The summed E-state index contributed by atoms with van der Waals surface area (Å²) in [5.74, 6) is 0. The van der Waals surface area contributed by atoms with E-state index in [0.717, 1.165) is 23.1 Å². The van der Waals surface area contributed by atoms with Crippen molar-refractivity contribution in [2.45, 2.75) is 6.42 Å². The van der Waals surface area contributed by atoms with Gasteiger partial charge in [0, 0.05) is 18.2 Å². The second-order valence-corrected chi connectivity index (χ2v) is 4.45. The van der Waals surface area contributed by atoms with Crippen molar-refractivity contribution < 1.29 is 4.79 Å². The summed E-state index contributed by atoms with van der Waals surface area (Å²) in [6.45, 7) is 0. The highest BCUT2D eigenvalue weighted by Crippen LogP contribution is 2.27. The van der Waals surface area contributed by atoms with Gasteiger partial charge in [0.15, 0.2) is 0 Å². The summed E-state index contributed by atoms with van der Waals surface area (Å²) in [7, 11) is 0. The van der Waals surface area contributed by atoms with E-state index in [9.17, 15) is 4.79 Å². The van der Waals surface area contributed by atoms with Crippen LogP contribution in [0.1, 0.15) is 5.56 Å². The number of rotatable bonds is 3. The molecule has 0 aliphatic carbocycles. The maximum atomic E-state index is 10.6. The van der Waals surface area contributed by atoms with Crippen LogP contribution in [-0.2, 0) is 11.2 Å². The van der Waals surface area contributed by atoms with Gasteiger partial charge < -0.3 is 4.79 Å². The van der Waals surface area contributed by atoms with Gasteiger partial charge in [-0.3, -0.25) is 4.98 Å². The standard InChI is InChI=1S/C17H13NO/c19-11-9-13-8-10-18-17(12-13)16-7-3-5-14-4-1-2-6-15(14)16/h1-8,10-12H,9H2. The third-order valence-corrected chi connectivity index (χ3v) is 3.21. The minimum absolute atomic E-state index is 0.431. The second kappa shape index (κ2) is 5.02. The van der Waals surface area contributed by atoms with Crippen molar-refractivity contribution in [2.24, 2.45) is 0 Å². The Morgan fingerprint density at radius 1 is 1.00 bits per heavy atom. The van der Waals surface area contributed by atoms with E-state index in [2.05, 4.69) is 29.2 Å². The number of hydrogen-bond donors (Lipinski definition) is 0. The molecule has 0 amide bonds. The fourth-order valence-corrected chi connectivity index (χ4v) is 2.29. The van der Waals surface area contributed by atoms with Crippen molar-refractivity contribution in [3.8, 4) is 11.3 Å². The Bertz CT molecular complexity index is 729. The Labute approximate surface area is 111 Å². The number of aromatic nitrogens is 1. The van der Waals surface area contributed by atoms with Crippen LogP contribution in [0.5, 0.6) is 0 Å². The number of pyridine rings is 1. The van der Waals surface area contributed by atoms with Crippen LogP contribution < -0.4 is 0 Å². The number of fused-ring (bicyclic) bond motifs is 1. The molecule has 0 unspecified atom stereocenters. The van der Waals surface area contributed by atoms with Gasteiger partial charge in [-0.15, -0.1) is 0 Å². The second-order valence-electron chi connectivity index (χ2n) is 4.45. The highest BCUT2D eigenvalue weighted by molar-refractivity contribution is 5.95. The minimum Gasteiger partial charge on any atom is -0.303 e. The Morgan fingerprint density at radius 3 is 2.74 bits per heavy atom. The Hall–Kier alpha value is -2.48. The SMILES string of the molecule is O=CCc1ccnc(-c2cccc3ccccc23)c1. The molecular weight excluding hydrogens is 234 g/mol. The van der Waals surface area contributed by atoms with Crippen LogP contribution in [0.4, 0.5) is 0 Å². The molecule has 0 aliphatic rings. The largest absolute Gasteiger partial charge is 0.303 e. The van der Waals surface area contributed by atoms with Crippen LogP contribution in [0.15, 0.2) is 60.8 Å². The lowest BCUT2D eigenvalue weighted by atomic mass is 10.0. The van der Waals surface area contributed by atoms with E-state index in [1.54, 1.807) is 6.20 Å². The summed E-state index contributed by atoms with van der Waals surface area (Å²) < 4.78 is 0. The topological polar surface area (TPSA) is 30.0 Å². The lowest BCUT2D eigenvalue weighted by Gasteiger charge is -2.07. The average Bonchev–Trinajstić information content (AvgIpc) is 2.47. The molecule has 1 heterocycles. The van der Waals surface area contributed by atoms with Gasteiger partial charge in [0.2, 0.25) is 0 Å². The summed E-state index contributed by atoms with van der Waals surface area (Å²) in [4.78, 5) is 15.0. The van der Waals surface area contributed by atoms with Crippen LogP contribution in [0.2, 0.25) is 0 Å². The summed E-state index contributed by atoms with van der Waals surface area (Å²) >= 11 is 0. The van der Waals surface area contributed by atoms with Gasteiger partial charge in [-0.05, 0) is 28.5 Å². The molecular formula is C17H13NO. The molecule has 0 radical (unpaired) electrons. The maximum absolute atomic E-state index is 10.6. The summed E-state index contributed by atoms with van der Waals surface area (Å²) in [5.41, 5.74) is 3.01. The smallest absolute Gasteiger partial charge is 0.124 e.